The summed E-state index contributed by atoms with van der Waals surface area (Å²) >= 11 is 0. The molecule has 1 heterocycles. The summed E-state index contributed by atoms with van der Waals surface area (Å²) in [4.78, 5) is 27.3. The van der Waals surface area contributed by atoms with Crippen LogP contribution in [-0.2, 0) is 7.05 Å². The van der Waals surface area contributed by atoms with Gasteiger partial charge in [0.05, 0.1) is 12.0 Å². The van der Waals surface area contributed by atoms with E-state index >= 15 is 0 Å². The molecule has 27 heavy (non-hydrogen) atoms. The molecule has 0 unspecified atom stereocenters. The number of carbonyl (C=O) groups excluding carboxylic acids is 1. The first kappa shape index (κ1) is 18.1. The third-order valence-electron chi connectivity index (χ3n) is 4.18. The summed E-state index contributed by atoms with van der Waals surface area (Å²) in [6, 6.07) is 12.3. The van der Waals surface area contributed by atoms with E-state index < -0.39 is 11.0 Å². The fraction of sp³-hybridized carbons (Fsp3) is 0.158. The van der Waals surface area contributed by atoms with Crippen molar-refractivity contribution in [3.8, 4) is 5.75 Å². The molecule has 1 N–H and O–H groups in total. The van der Waals surface area contributed by atoms with Crippen molar-refractivity contribution in [1.29, 1.82) is 0 Å². The van der Waals surface area contributed by atoms with E-state index in [4.69, 9.17) is 4.74 Å². The molecule has 0 bridgehead atoms. The highest BCUT2D eigenvalue weighted by atomic mass is 16.6. The summed E-state index contributed by atoms with van der Waals surface area (Å²) in [6.07, 6.45) is 3.45. The van der Waals surface area contributed by atoms with E-state index in [9.17, 15) is 14.9 Å². The minimum Gasteiger partial charge on any atom is -0.497 e. The Labute approximate surface area is 155 Å². The van der Waals surface area contributed by atoms with Crippen LogP contribution in [-0.4, -0.2) is 27.5 Å². The van der Waals surface area contributed by atoms with Gasteiger partial charge in [-0.1, -0.05) is 12.1 Å². The minimum absolute atomic E-state index is 0.0673. The van der Waals surface area contributed by atoms with Crippen molar-refractivity contribution in [2.45, 2.75) is 6.04 Å². The van der Waals surface area contributed by atoms with Crippen LogP contribution in [0.15, 0.2) is 60.9 Å². The van der Waals surface area contributed by atoms with Gasteiger partial charge in [0.1, 0.15) is 17.6 Å². The average molecular weight is 366 g/mol. The first-order valence-electron chi connectivity index (χ1n) is 8.16. The van der Waals surface area contributed by atoms with E-state index in [1.807, 2.05) is 35.9 Å². The molecule has 0 saturated heterocycles. The number of rotatable bonds is 6. The Morgan fingerprint density at radius 2 is 1.85 bits per heavy atom. The van der Waals surface area contributed by atoms with Gasteiger partial charge < -0.3 is 14.6 Å². The molecule has 8 heteroatoms. The van der Waals surface area contributed by atoms with Gasteiger partial charge >= 0.3 is 0 Å². The molecule has 0 spiro atoms. The Balaban J connectivity index is 1.90. The van der Waals surface area contributed by atoms with Crippen molar-refractivity contribution in [2.75, 3.05) is 7.11 Å². The van der Waals surface area contributed by atoms with Gasteiger partial charge in [0.2, 0.25) is 0 Å². The molecule has 0 fully saturated rings. The smallest absolute Gasteiger partial charge is 0.269 e. The number of aryl methyl sites for hydroxylation is 1. The van der Waals surface area contributed by atoms with Crippen LogP contribution in [0.25, 0.3) is 0 Å². The molecular formula is C19H18N4O4. The molecule has 0 aliphatic rings. The van der Waals surface area contributed by atoms with E-state index in [2.05, 4.69) is 10.3 Å². The number of methoxy groups -OCH3 is 1. The molecule has 8 nitrogen and oxygen atoms in total. The normalized spacial score (nSPS) is 11.6. The molecule has 0 radical (unpaired) electrons. The van der Waals surface area contributed by atoms with Crippen LogP contribution in [0.5, 0.6) is 5.75 Å². The fourth-order valence-corrected chi connectivity index (χ4v) is 2.70. The molecule has 1 atom stereocenters. The third kappa shape index (κ3) is 3.95. The maximum absolute atomic E-state index is 12.7. The van der Waals surface area contributed by atoms with Gasteiger partial charge in [0.15, 0.2) is 0 Å². The number of carbonyl (C=O) groups is 1. The highest BCUT2D eigenvalue weighted by molar-refractivity contribution is 5.94. The lowest BCUT2D eigenvalue weighted by Crippen LogP contribution is -2.31. The van der Waals surface area contributed by atoms with Crippen LogP contribution in [0.3, 0.4) is 0 Å². The number of amides is 1. The van der Waals surface area contributed by atoms with Crippen molar-refractivity contribution >= 4 is 11.6 Å². The van der Waals surface area contributed by atoms with E-state index in [0.717, 1.165) is 5.56 Å². The van der Waals surface area contributed by atoms with E-state index in [-0.39, 0.29) is 11.6 Å². The van der Waals surface area contributed by atoms with E-state index in [1.54, 1.807) is 19.5 Å². The van der Waals surface area contributed by atoms with Gasteiger partial charge in [0, 0.05) is 37.1 Å². The summed E-state index contributed by atoms with van der Waals surface area (Å²) in [7, 11) is 3.43. The van der Waals surface area contributed by atoms with Gasteiger partial charge in [-0.3, -0.25) is 14.9 Å². The quantitative estimate of drug-likeness (QED) is 0.534. The van der Waals surface area contributed by atoms with Crippen molar-refractivity contribution in [3.05, 3.63) is 88.0 Å². The fourth-order valence-electron chi connectivity index (χ4n) is 2.70. The number of ether oxygens (including phenoxy) is 1. The summed E-state index contributed by atoms with van der Waals surface area (Å²) in [5, 5.41) is 13.7. The second-order valence-electron chi connectivity index (χ2n) is 5.88. The maximum atomic E-state index is 12.7. The predicted molar refractivity (Wildman–Crippen MR) is 98.6 cm³/mol. The number of nitro benzene ring substituents is 1. The monoisotopic (exact) mass is 366 g/mol. The highest BCUT2D eigenvalue weighted by Crippen LogP contribution is 2.23. The summed E-state index contributed by atoms with van der Waals surface area (Å²) in [5.41, 5.74) is 1.09. The maximum Gasteiger partial charge on any atom is 0.269 e. The Morgan fingerprint density at radius 3 is 2.37 bits per heavy atom. The largest absolute Gasteiger partial charge is 0.497 e. The second-order valence-corrected chi connectivity index (χ2v) is 5.88. The Bertz CT molecular complexity index is 949. The molecule has 2 aromatic carbocycles. The SMILES string of the molecule is COc1ccc([C@H](NC(=O)c2ccc([N+](=O)[O-])cc2)c2nccn2C)cc1. The number of hydrogen-bond acceptors (Lipinski definition) is 5. The van der Waals surface area contributed by atoms with Crippen molar-refractivity contribution in [1.82, 2.24) is 14.9 Å². The number of non-ortho nitro benzene ring substituents is 1. The van der Waals surface area contributed by atoms with Crippen LogP contribution >= 0.6 is 0 Å². The van der Waals surface area contributed by atoms with Crippen LogP contribution in [0.1, 0.15) is 27.8 Å². The zero-order chi connectivity index (χ0) is 19.4. The number of nitrogens with zero attached hydrogens (tertiary/aromatic N) is 3. The van der Waals surface area contributed by atoms with Crippen LogP contribution in [0, 0.1) is 10.1 Å². The molecule has 3 aromatic rings. The number of imidazole rings is 1. The van der Waals surface area contributed by atoms with E-state index in [1.165, 1.54) is 24.3 Å². The number of aromatic nitrogens is 2. The highest BCUT2D eigenvalue weighted by Gasteiger charge is 2.22. The third-order valence-corrected chi connectivity index (χ3v) is 4.18. The molecule has 138 valence electrons. The molecule has 0 aliphatic carbocycles. The summed E-state index contributed by atoms with van der Waals surface area (Å²) < 4.78 is 7.01. The Hall–Kier alpha value is -3.68. The van der Waals surface area contributed by atoms with Crippen molar-refractivity contribution in [2.24, 2.45) is 7.05 Å². The van der Waals surface area contributed by atoms with Gasteiger partial charge in [-0.05, 0) is 29.8 Å². The Kier molecular flexibility index (Phi) is 5.16. The molecular weight excluding hydrogens is 348 g/mol. The molecule has 1 aromatic heterocycles. The van der Waals surface area contributed by atoms with Gasteiger partial charge in [-0.25, -0.2) is 4.98 Å². The standard InChI is InChI=1S/C19H18N4O4/c1-22-12-11-20-18(22)17(13-5-9-16(27-2)10-6-13)21-19(24)14-3-7-15(8-4-14)23(25)26/h3-12,17H,1-2H3,(H,21,24)/t17-/m0/s1. The van der Waals surface area contributed by atoms with Gasteiger partial charge in [-0.15, -0.1) is 0 Å². The van der Waals surface area contributed by atoms with Crippen LogP contribution < -0.4 is 10.1 Å². The van der Waals surface area contributed by atoms with Crippen LogP contribution in [0.2, 0.25) is 0 Å². The van der Waals surface area contributed by atoms with Crippen LogP contribution in [0.4, 0.5) is 5.69 Å². The Morgan fingerprint density at radius 1 is 1.19 bits per heavy atom. The topological polar surface area (TPSA) is 99.3 Å². The van der Waals surface area contributed by atoms with E-state index in [0.29, 0.717) is 17.1 Å². The minimum atomic E-state index is -0.504. The number of benzene rings is 2. The predicted octanol–water partition coefficient (Wildman–Crippen LogP) is 2.86. The lowest BCUT2D eigenvalue weighted by atomic mass is 10.0. The van der Waals surface area contributed by atoms with Crippen molar-refractivity contribution in [3.63, 3.8) is 0 Å². The first-order chi connectivity index (χ1) is 13.0. The summed E-state index contributed by atoms with van der Waals surface area (Å²) in [5.74, 6) is 1.02. The lowest BCUT2D eigenvalue weighted by Gasteiger charge is -2.19. The molecule has 3 rings (SSSR count). The van der Waals surface area contributed by atoms with Gasteiger partial charge in [0.25, 0.3) is 11.6 Å². The summed E-state index contributed by atoms with van der Waals surface area (Å²) in [6.45, 7) is 0. The molecule has 0 saturated carbocycles. The van der Waals surface area contributed by atoms with Gasteiger partial charge in [-0.2, -0.15) is 0 Å². The zero-order valence-electron chi connectivity index (χ0n) is 14.8. The average Bonchev–Trinajstić information content (AvgIpc) is 3.11. The molecule has 1 amide bonds. The zero-order valence-corrected chi connectivity index (χ0v) is 14.8. The second kappa shape index (κ2) is 7.69. The van der Waals surface area contributed by atoms with Crippen molar-refractivity contribution < 1.29 is 14.5 Å². The first-order valence-corrected chi connectivity index (χ1v) is 8.16. The number of nitrogens with one attached hydrogen (secondary N) is 1. The lowest BCUT2D eigenvalue weighted by molar-refractivity contribution is -0.384. The number of hydrogen-bond donors (Lipinski definition) is 1. The molecule has 0 aliphatic heterocycles. The number of nitro groups is 1.